The summed E-state index contributed by atoms with van der Waals surface area (Å²) in [5.41, 5.74) is 7.09. The van der Waals surface area contributed by atoms with Crippen molar-refractivity contribution >= 4 is 28.4 Å². The third-order valence-electron chi connectivity index (χ3n) is 5.19. The standard InChI is InChI=1S/C24H27ClN4O2/c1-4-21(30)28(13-12-26)22(16(2)3)23-27-20-14-18(25)10-11-19(20)24(31)29(23)15-17-8-6-5-7-9-17/h4-11,14,16,22H,1,12-13,15,26H2,2-3H3. The van der Waals surface area contributed by atoms with E-state index in [4.69, 9.17) is 22.3 Å². The van der Waals surface area contributed by atoms with Gasteiger partial charge in [0.1, 0.15) is 5.82 Å². The normalized spacial score (nSPS) is 12.2. The van der Waals surface area contributed by atoms with Crippen molar-refractivity contribution in [2.45, 2.75) is 26.4 Å². The largest absolute Gasteiger partial charge is 0.329 e. The number of hydrogen-bond acceptors (Lipinski definition) is 4. The minimum absolute atomic E-state index is 0.0268. The molecule has 1 amide bonds. The molecule has 1 atom stereocenters. The number of amides is 1. The number of carbonyl (C=O) groups excluding carboxylic acids is 1. The third-order valence-corrected chi connectivity index (χ3v) is 5.42. The fourth-order valence-electron chi connectivity index (χ4n) is 3.80. The van der Waals surface area contributed by atoms with Crippen LogP contribution in [0.2, 0.25) is 5.02 Å². The number of halogens is 1. The lowest BCUT2D eigenvalue weighted by Crippen LogP contribution is -2.43. The van der Waals surface area contributed by atoms with Crippen molar-refractivity contribution in [2.24, 2.45) is 11.7 Å². The highest BCUT2D eigenvalue weighted by atomic mass is 35.5. The minimum atomic E-state index is -0.464. The summed E-state index contributed by atoms with van der Waals surface area (Å²) < 4.78 is 1.65. The van der Waals surface area contributed by atoms with Crippen molar-refractivity contribution in [3.8, 4) is 0 Å². The topological polar surface area (TPSA) is 81.2 Å². The molecular weight excluding hydrogens is 412 g/mol. The van der Waals surface area contributed by atoms with Crippen molar-refractivity contribution in [2.75, 3.05) is 13.1 Å². The molecule has 0 aliphatic carbocycles. The molecule has 0 spiro atoms. The average molecular weight is 439 g/mol. The molecule has 31 heavy (non-hydrogen) atoms. The molecule has 7 heteroatoms. The van der Waals surface area contributed by atoms with Crippen LogP contribution < -0.4 is 11.3 Å². The van der Waals surface area contributed by atoms with E-state index >= 15 is 0 Å². The zero-order chi connectivity index (χ0) is 22.5. The number of fused-ring (bicyclic) bond motifs is 1. The summed E-state index contributed by atoms with van der Waals surface area (Å²) in [4.78, 5) is 32.7. The molecule has 0 bridgehead atoms. The van der Waals surface area contributed by atoms with Crippen LogP contribution in [0.4, 0.5) is 0 Å². The van der Waals surface area contributed by atoms with Gasteiger partial charge in [-0.15, -0.1) is 0 Å². The summed E-state index contributed by atoms with van der Waals surface area (Å²) in [7, 11) is 0. The molecule has 162 valence electrons. The summed E-state index contributed by atoms with van der Waals surface area (Å²) in [6.45, 7) is 8.55. The molecule has 0 saturated carbocycles. The second-order valence-corrected chi connectivity index (χ2v) is 8.16. The number of benzene rings is 2. The highest BCUT2D eigenvalue weighted by molar-refractivity contribution is 6.31. The van der Waals surface area contributed by atoms with Crippen molar-refractivity contribution in [1.82, 2.24) is 14.5 Å². The molecule has 1 heterocycles. The number of carbonyl (C=O) groups is 1. The predicted molar refractivity (Wildman–Crippen MR) is 125 cm³/mol. The number of aromatic nitrogens is 2. The van der Waals surface area contributed by atoms with Crippen molar-refractivity contribution < 1.29 is 4.79 Å². The van der Waals surface area contributed by atoms with Gasteiger partial charge in [0.25, 0.3) is 5.56 Å². The molecule has 3 rings (SSSR count). The first-order valence-corrected chi connectivity index (χ1v) is 10.6. The summed E-state index contributed by atoms with van der Waals surface area (Å²) in [6.07, 6.45) is 1.27. The third kappa shape index (κ3) is 4.86. The number of nitrogens with two attached hydrogens (primary N) is 1. The molecule has 1 unspecified atom stereocenters. The fraction of sp³-hybridized carbons (Fsp3) is 0.292. The Morgan fingerprint density at radius 2 is 1.97 bits per heavy atom. The van der Waals surface area contributed by atoms with Crippen LogP contribution in [0.5, 0.6) is 0 Å². The molecule has 2 aromatic carbocycles. The highest BCUT2D eigenvalue weighted by Crippen LogP contribution is 2.29. The van der Waals surface area contributed by atoms with Gasteiger partial charge in [-0.2, -0.15) is 0 Å². The first-order valence-electron chi connectivity index (χ1n) is 10.2. The Hall–Kier alpha value is -2.96. The Labute approximate surface area is 187 Å². The molecule has 0 fully saturated rings. The summed E-state index contributed by atoms with van der Waals surface area (Å²) in [5.74, 6) is 0.221. The van der Waals surface area contributed by atoms with Crippen LogP contribution in [0.15, 0.2) is 66.0 Å². The monoisotopic (exact) mass is 438 g/mol. The zero-order valence-corrected chi connectivity index (χ0v) is 18.5. The Morgan fingerprint density at radius 3 is 2.58 bits per heavy atom. The molecule has 2 N–H and O–H groups in total. The predicted octanol–water partition coefficient (Wildman–Crippen LogP) is 3.77. The number of nitrogens with zero attached hydrogens (tertiary/aromatic N) is 3. The van der Waals surface area contributed by atoms with Crippen LogP contribution in [-0.4, -0.2) is 33.4 Å². The molecule has 1 aromatic heterocycles. The zero-order valence-electron chi connectivity index (χ0n) is 17.8. The van der Waals surface area contributed by atoms with E-state index in [-0.39, 0.29) is 23.9 Å². The molecule has 6 nitrogen and oxygen atoms in total. The molecule has 0 saturated heterocycles. The second kappa shape index (κ2) is 9.90. The van der Waals surface area contributed by atoms with Crippen LogP contribution in [0.1, 0.15) is 31.3 Å². The Kier molecular flexibility index (Phi) is 7.25. The van der Waals surface area contributed by atoms with E-state index in [0.29, 0.717) is 34.8 Å². The van der Waals surface area contributed by atoms with Gasteiger partial charge in [0, 0.05) is 18.1 Å². The van der Waals surface area contributed by atoms with Crippen LogP contribution in [0.3, 0.4) is 0 Å². The maximum absolute atomic E-state index is 13.5. The molecule has 0 aliphatic heterocycles. The van der Waals surface area contributed by atoms with E-state index < -0.39 is 6.04 Å². The minimum Gasteiger partial charge on any atom is -0.329 e. The number of hydrogen-bond donors (Lipinski definition) is 1. The van der Waals surface area contributed by atoms with Crippen molar-refractivity contribution in [1.29, 1.82) is 0 Å². The lowest BCUT2D eigenvalue weighted by atomic mass is 10.00. The van der Waals surface area contributed by atoms with E-state index in [1.54, 1.807) is 27.7 Å². The fourth-order valence-corrected chi connectivity index (χ4v) is 3.96. The molecule has 0 aliphatic rings. The van der Waals surface area contributed by atoms with E-state index in [1.807, 2.05) is 44.2 Å². The summed E-state index contributed by atoms with van der Waals surface area (Å²) >= 11 is 6.18. The second-order valence-electron chi connectivity index (χ2n) is 7.72. The van der Waals surface area contributed by atoms with Gasteiger partial charge in [-0.1, -0.05) is 62.4 Å². The first-order chi connectivity index (χ1) is 14.9. The van der Waals surface area contributed by atoms with Crippen LogP contribution in [0.25, 0.3) is 10.9 Å². The van der Waals surface area contributed by atoms with Crippen LogP contribution >= 0.6 is 11.6 Å². The van der Waals surface area contributed by atoms with Gasteiger partial charge in [0.15, 0.2) is 0 Å². The maximum atomic E-state index is 13.5. The van der Waals surface area contributed by atoms with Gasteiger partial charge in [-0.25, -0.2) is 4.98 Å². The van der Waals surface area contributed by atoms with Crippen LogP contribution in [-0.2, 0) is 11.3 Å². The van der Waals surface area contributed by atoms with Crippen LogP contribution in [0, 0.1) is 5.92 Å². The van der Waals surface area contributed by atoms with Gasteiger partial charge in [0.2, 0.25) is 5.91 Å². The smallest absolute Gasteiger partial charge is 0.261 e. The van der Waals surface area contributed by atoms with Gasteiger partial charge in [-0.3, -0.25) is 14.2 Å². The summed E-state index contributed by atoms with van der Waals surface area (Å²) in [6, 6.07) is 14.3. The quantitative estimate of drug-likeness (QED) is 0.543. The Bertz CT molecular complexity index is 1140. The first kappa shape index (κ1) is 22.7. The van der Waals surface area contributed by atoms with Crippen molar-refractivity contribution in [3.63, 3.8) is 0 Å². The lowest BCUT2D eigenvalue weighted by molar-refractivity contribution is -0.129. The molecule has 3 aromatic rings. The maximum Gasteiger partial charge on any atom is 0.261 e. The molecule has 0 radical (unpaired) electrons. The van der Waals surface area contributed by atoms with E-state index in [0.717, 1.165) is 5.56 Å². The Balaban J connectivity index is 2.30. The lowest BCUT2D eigenvalue weighted by Gasteiger charge is -2.34. The van der Waals surface area contributed by atoms with E-state index in [9.17, 15) is 9.59 Å². The summed E-state index contributed by atoms with van der Waals surface area (Å²) in [5, 5.41) is 0.972. The number of rotatable bonds is 8. The molecular formula is C24H27ClN4O2. The van der Waals surface area contributed by atoms with E-state index in [1.165, 1.54) is 6.08 Å². The van der Waals surface area contributed by atoms with Gasteiger partial charge in [0.05, 0.1) is 23.5 Å². The highest BCUT2D eigenvalue weighted by Gasteiger charge is 2.31. The van der Waals surface area contributed by atoms with Gasteiger partial charge in [-0.05, 0) is 35.8 Å². The van der Waals surface area contributed by atoms with Gasteiger partial charge >= 0.3 is 0 Å². The van der Waals surface area contributed by atoms with Gasteiger partial charge < -0.3 is 10.6 Å². The average Bonchev–Trinajstić information content (AvgIpc) is 2.75. The SMILES string of the molecule is C=CC(=O)N(CCN)C(c1nc2cc(Cl)ccc2c(=O)n1Cc1ccccc1)C(C)C. The van der Waals surface area contributed by atoms with E-state index in [2.05, 4.69) is 6.58 Å². The Morgan fingerprint density at radius 1 is 1.26 bits per heavy atom. The van der Waals surface area contributed by atoms with Crippen molar-refractivity contribution in [3.05, 3.63) is 88.0 Å².